The van der Waals surface area contributed by atoms with Gasteiger partial charge in [-0.3, -0.25) is 14.0 Å². The third kappa shape index (κ3) is 3.03. The Bertz CT molecular complexity index is 945. The number of rotatable bonds is 5. The van der Waals surface area contributed by atoms with E-state index in [0.717, 1.165) is 0 Å². The molecule has 25 heavy (non-hydrogen) atoms. The minimum Gasteiger partial charge on any atom is -0.493 e. The standard InChI is InChI=1S/C18H18N4O3/c1-3-13-15(22-10-4-5-14(25-2)17(22)21-13)18(24)20-12-8-6-11(7-9-12)16(19)23/h4-10H,3H2,1-2H3,(H2,19,23)(H,20,24). The van der Waals surface area contributed by atoms with E-state index in [9.17, 15) is 9.59 Å². The van der Waals surface area contributed by atoms with Gasteiger partial charge in [0, 0.05) is 17.4 Å². The van der Waals surface area contributed by atoms with Crippen LogP contribution in [-0.2, 0) is 6.42 Å². The molecule has 1 aromatic carbocycles. The van der Waals surface area contributed by atoms with Gasteiger partial charge >= 0.3 is 0 Å². The Morgan fingerprint density at radius 1 is 1.24 bits per heavy atom. The molecule has 2 amide bonds. The average molecular weight is 338 g/mol. The Balaban J connectivity index is 1.97. The molecule has 0 saturated carbocycles. The fourth-order valence-corrected chi connectivity index (χ4v) is 2.64. The molecule has 0 saturated heterocycles. The maximum atomic E-state index is 12.8. The maximum absolute atomic E-state index is 12.8. The molecule has 0 spiro atoms. The number of primary amides is 1. The van der Waals surface area contributed by atoms with Gasteiger partial charge in [-0.15, -0.1) is 0 Å². The van der Waals surface area contributed by atoms with Crippen LogP contribution in [0, 0.1) is 0 Å². The summed E-state index contributed by atoms with van der Waals surface area (Å²) in [4.78, 5) is 28.4. The molecule has 0 aliphatic rings. The predicted molar refractivity (Wildman–Crippen MR) is 94.0 cm³/mol. The lowest BCUT2D eigenvalue weighted by molar-refractivity contribution is 0.0997. The zero-order valence-electron chi connectivity index (χ0n) is 13.9. The molecule has 0 bridgehead atoms. The smallest absolute Gasteiger partial charge is 0.274 e. The van der Waals surface area contributed by atoms with E-state index in [1.165, 1.54) is 0 Å². The zero-order valence-corrected chi connectivity index (χ0v) is 13.9. The molecular weight excluding hydrogens is 320 g/mol. The van der Waals surface area contributed by atoms with Crippen molar-refractivity contribution in [2.45, 2.75) is 13.3 Å². The second kappa shape index (κ2) is 6.64. The largest absolute Gasteiger partial charge is 0.493 e. The molecule has 128 valence electrons. The van der Waals surface area contributed by atoms with Crippen molar-refractivity contribution in [3.05, 3.63) is 59.5 Å². The summed E-state index contributed by atoms with van der Waals surface area (Å²) < 4.78 is 7.03. The van der Waals surface area contributed by atoms with E-state index in [2.05, 4.69) is 10.3 Å². The number of nitrogens with zero attached hydrogens (tertiary/aromatic N) is 2. The number of imidazole rings is 1. The molecule has 2 heterocycles. The van der Waals surface area contributed by atoms with Gasteiger partial charge in [-0.2, -0.15) is 0 Å². The number of aryl methyl sites for hydroxylation is 1. The van der Waals surface area contributed by atoms with Crippen molar-refractivity contribution in [3.63, 3.8) is 0 Å². The lowest BCUT2D eigenvalue weighted by Crippen LogP contribution is -2.16. The normalized spacial score (nSPS) is 10.6. The summed E-state index contributed by atoms with van der Waals surface area (Å²) in [6, 6.07) is 9.99. The number of ether oxygens (including phenoxy) is 1. The SMILES string of the molecule is CCc1nc2c(OC)cccn2c1C(=O)Nc1ccc(C(N)=O)cc1. The number of methoxy groups -OCH3 is 1. The maximum Gasteiger partial charge on any atom is 0.274 e. The van der Waals surface area contributed by atoms with Crippen molar-refractivity contribution in [3.8, 4) is 5.75 Å². The van der Waals surface area contributed by atoms with Crippen LogP contribution < -0.4 is 15.8 Å². The van der Waals surface area contributed by atoms with E-state index in [-0.39, 0.29) is 5.91 Å². The topological polar surface area (TPSA) is 98.7 Å². The van der Waals surface area contributed by atoms with Crippen LogP contribution in [0.4, 0.5) is 5.69 Å². The van der Waals surface area contributed by atoms with Crippen LogP contribution in [0.15, 0.2) is 42.6 Å². The van der Waals surface area contributed by atoms with Crippen LogP contribution in [0.25, 0.3) is 5.65 Å². The number of aromatic nitrogens is 2. The van der Waals surface area contributed by atoms with Crippen LogP contribution in [0.3, 0.4) is 0 Å². The quantitative estimate of drug-likeness (QED) is 0.745. The summed E-state index contributed by atoms with van der Waals surface area (Å²) in [5.74, 6) is -0.202. The number of carbonyl (C=O) groups excluding carboxylic acids is 2. The van der Waals surface area contributed by atoms with Gasteiger partial charge in [0.1, 0.15) is 5.69 Å². The number of hydrogen-bond donors (Lipinski definition) is 2. The molecule has 0 aliphatic heterocycles. The Kier molecular flexibility index (Phi) is 4.38. The van der Waals surface area contributed by atoms with Crippen molar-refractivity contribution < 1.29 is 14.3 Å². The van der Waals surface area contributed by atoms with Crippen molar-refractivity contribution >= 4 is 23.1 Å². The van der Waals surface area contributed by atoms with E-state index in [1.54, 1.807) is 54.1 Å². The fraction of sp³-hybridized carbons (Fsp3) is 0.167. The van der Waals surface area contributed by atoms with Gasteiger partial charge in [-0.1, -0.05) is 6.92 Å². The molecule has 0 atom stereocenters. The summed E-state index contributed by atoms with van der Waals surface area (Å²) in [7, 11) is 1.57. The Morgan fingerprint density at radius 3 is 2.56 bits per heavy atom. The van der Waals surface area contributed by atoms with E-state index >= 15 is 0 Å². The van der Waals surface area contributed by atoms with E-state index in [4.69, 9.17) is 10.5 Å². The van der Waals surface area contributed by atoms with Gasteiger partial charge in [0.05, 0.1) is 12.8 Å². The van der Waals surface area contributed by atoms with Gasteiger partial charge in [0.2, 0.25) is 5.91 Å². The first-order chi connectivity index (χ1) is 12.0. The molecule has 0 fully saturated rings. The van der Waals surface area contributed by atoms with Gasteiger partial charge in [0.15, 0.2) is 11.4 Å². The Labute approximate surface area is 144 Å². The first kappa shape index (κ1) is 16.5. The third-order valence-corrected chi connectivity index (χ3v) is 3.88. The molecule has 3 N–H and O–H groups in total. The summed E-state index contributed by atoms with van der Waals surface area (Å²) in [6.07, 6.45) is 2.38. The highest BCUT2D eigenvalue weighted by Crippen LogP contribution is 2.23. The number of pyridine rings is 1. The number of nitrogens with two attached hydrogens (primary N) is 1. The first-order valence-electron chi connectivity index (χ1n) is 7.80. The average Bonchev–Trinajstić information content (AvgIpc) is 3.00. The van der Waals surface area contributed by atoms with Crippen LogP contribution in [0.1, 0.15) is 33.5 Å². The number of amides is 2. The number of carbonyl (C=O) groups is 2. The van der Waals surface area contributed by atoms with Crippen LogP contribution in [-0.4, -0.2) is 28.3 Å². The highest BCUT2D eigenvalue weighted by Gasteiger charge is 2.20. The third-order valence-electron chi connectivity index (χ3n) is 3.88. The number of anilines is 1. The molecule has 0 unspecified atom stereocenters. The Hall–Kier alpha value is -3.35. The first-order valence-corrected chi connectivity index (χ1v) is 7.80. The van der Waals surface area contributed by atoms with E-state index < -0.39 is 5.91 Å². The van der Waals surface area contributed by atoms with E-state index in [1.807, 2.05) is 6.92 Å². The predicted octanol–water partition coefficient (Wildman–Crippen LogP) is 2.26. The molecule has 3 aromatic rings. The van der Waals surface area contributed by atoms with Gasteiger partial charge < -0.3 is 15.8 Å². The van der Waals surface area contributed by atoms with Crippen LogP contribution in [0.2, 0.25) is 0 Å². The van der Waals surface area contributed by atoms with Crippen LogP contribution >= 0.6 is 0 Å². The van der Waals surface area contributed by atoms with E-state index in [0.29, 0.717) is 40.5 Å². The van der Waals surface area contributed by atoms with Crippen molar-refractivity contribution in [1.29, 1.82) is 0 Å². The molecule has 0 aliphatic carbocycles. The minimum atomic E-state index is -0.514. The molecule has 3 rings (SSSR count). The summed E-state index contributed by atoms with van der Waals surface area (Å²) in [5, 5.41) is 2.82. The van der Waals surface area contributed by atoms with Crippen molar-refractivity contribution in [2.75, 3.05) is 12.4 Å². The summed E-state index contributed by atoms with van der Waals surface area (Å²) in [5.41, 5.74) is 7.89. The monoisotopic (exact) mass is 338 g/mol. The number of hydrogen-bond acceptors (Lipinski definition) is 4. The second-order valence-electron chi connectivity index (χ2n) is 5.43. The minimum absolute atomic E-state index is 0.288. The van der Waals surface area contributed by atoms with Gasteiger partial charge in [-0.05, 0) is 42.8 Å². The fourth-order valence-electron chi connectivity index (χ4n) is 2.64. The van der Waals surface area contributed by atoms with Gasteiger partial charge in [-0.25, -0.2) is 4.98 Å². The number of fused-ring (bicyclic) bond motifs is 1. The molecule has 7 heteroatoms. The van der Waals surface area contributed by atoms with Crippen LogP contribution in [0.5, 0.6) is 5.75 Å². The lowest BCUT2D eigenvalue weighted by atomic mass is 10.2. The van der Waals surface area contributed by atoms with Crippen molar-refractivity contribution in [2.24, 2.45) is 5.73 Å². The highest BCUT2D eigenvalue weighted by atomic mass is 16.5. The zero-order chi connectivity index (χ0) is 18.0. The number of benzene rings is 1. The van der Waals surface area contributed by atoms with Gasteiger partial charge in [0.25, 0.3) is 5.91 Å². The molecule has 0 radical (unpaired) electrons. The Morgan fingerprint density at radius 2 is 1.96 bits per heavy atom. The molecular formula is C18H18N4O3. The molecule has 2 aromatic heterocycles. The highest BCUT2D eigenvalue weighted by molar-refractivity contribution is 6.05. The molecule has 7 nitrogen and oxygen atoms in total. The van der Waals surface area contributed by atoms with Crippen molar-refractivity contribution in [1.82, 2.24) is 9.38 Å². The summed E-state index contributed by atoms with van der Waals surface area (Å²) >= 11 is 0. The number of nitrogens with one attached hydrogen (secondary N) is 1. The summed E-state index contributed by atoms with van der Waals surface area (Å²) in [6.45, 7) is 1.94. The lowest BCUT2D eigenvalue weighted by Gasteiger charge is -2.08. The second-order valence-corrected chi connectivity index (χ2v) is 5.43.